The largest absolute Gasteiger partial charge is 0.466 e. The van der Waals surface area contributed by atoms with Gasteiger partial charge in [0.05, 0.1) is 17.9 Å². The van der Waals surface area contributed by atoms with Crippen LogP contribution in [0.4, 0.5) is 0 Å². The van der Waals surface area contributed by atoms with E-state index in [1.807, 2.05) is 0 Å². The first-order valence-corrected chi connectivity index (χ1v) is 7.20. The standard InChI is InChI=1S/C13H18N2O4S/c1-3-19-11(16)6-7-14-12(17)9(2)15-13(18)10-5-4-8-20-10/h4-5,8-9H,3,6-7H2,1-2H3,(H,14,17)(H,15,18). The summed E-state index contributed by atoms with van der Waals surface area (Å²) in [6.07, 6.45) is 0.116. The fraction of sp³-hybridized carbons (Fsp3) is 0.462. The predicted octanol–water partition coefficient (Wildman–Crippen LogP) is 0.936. The summed E-state index contributed by atoms with van der Waals surface area (Å²) < 4.78 is 4.74. The summed E-state index contributed by atoms with van der Waals surface area (Å²) in [5, 5.41) is 6.95. The van der Waals surface area contributed by atoms with E-state index < -0.39 is 6.04 Å². The molecule has 2 N–H and O–H groups in total. The molecule has 1 aromatic rings. The summed E-state index contributed by atoms with van der Waals surface area (Å²) in [5.41, 5.74) is 0. The monoisotopic (exact) mass is 298 g/mol. The topological polar surface area (TPSA) is 84.5 Å². The number of thiophene rings is 1. The minimum absolute atomic E-state index is 0.116. The van der Waals surface area contributed by atoms with Crippen LogP contribution in [0.1, 0.15) is 29.9 Å². The first kappa shape index (κ1) is 16.2. The minimum Gasteiger partial charge on any atom is -0.466 e. The van der Waals surface area contributed by atoms with Crippen LogP contribution in [0.2, 0.25) is 0 Å². The fourth-order valence-electron chi connectivity index (χ4n) is 1.42. The highest BCUT2D eigenvalue weighted by molar-refractivity contribution is 7.12. The van der Waals surface area contributed by atoms with E-state index in [0.29, 0.717) is 11.5 Å². The molecule has 6 nitrogen and oxygen atoms in total. The molecule has 0 aliphatic rings. The van der Waals surface area contributed by atoms with Crippen molar-refractivity contribution in [1.29, 1.82) is 0 Å². The van der Waals surface area contributed by atoms with Crippen molar-refractivity contribution in [3.05, 3.63) is 22.4 Å². The number of rotatable bonds is 7. The fourth-order valence-corrected chi connectivity index (χ4v) is 2.04. The van der Waals surface area contributed by atoms with Gasteiger partial charge < -0.3 is 15.4 Å². The highest BCUT2D eigenvalue weighted by Gasteiger charge is 2.17. The average molecular weight is 298 g/mol. The number of nitrogens with one attached hydrogen (secondary N) is 2. The van der Waals surface area contributed by atoms with Gasteiger partial charge in [0.2, 0.25) is 5.91 Å². The van der Waals surface area contributed by atoms with Gasteiger partial charge >= 0.3 is 5.97 Å². The summed E-state index contributed by atoms with van der Waals surface area (Å²) in [6, 6.07) is 2.79. The molecule has 0 aliphatic heterocycles. The van der Waals surface area contributed by atoms with E-state index in [9.17, 15) is 14.4 Å². The molecule has 0 aromatic carbocycles. The first-order chi connectivity index (χ1) is 9.54. The van der Waals surface area contributed by atoms with Crippen LogP contribution >= 0.6 is 11.3 Å². The lowest BCUT2D eigenvalue weighted by Gasteiger charge is -2.13. The Balaban J connectivity index is 2.29. The van der Waals surface area contributed by atoms with Gasteiger partial charge in [0, 0.05) is 6.54 Å². The van der Waals surface area contributed by atoms with Crippen LogP contribution in [-0.2, 0) is 14.3 Å². The molecular formula is C13H18N2O4S. The van der Waals surface area contributed by atoms with Gasteiger partial charge in [0.15, 0.2) is 0 Å². The number of hydrogen-bond acceptors (Lipinski definition) is 5. The van der Waals surface area contributed by atoms with Crippen molar-refractivity contribution in [3.8, 4) is 0 Å². The Kier molecular flexibility index (Phi) is 6.72. The molecule has 1 atom stereocenters. The van der Waals surface area contributed by atoms with Gasteiger partial charge in [-0.05, 0) is 25.3 Å². The van der Waals surface area contributed by atoms with Crippen LogP contribution in [0, 0.1) is 0 Å². The Morgan fingerprint density at radius 3 is 2.75 bits per heavy atom. The summed E-state index contributed by atoms with van der Waals surface area (Å²) >= 11 is 1.31. The van der Waals surface area contributed by atoms with Gasteiger partial charge in [-0.3, -0.25) is 14.4 Å². The zero-order chi connectivity index (χ0) is 15.0. The van der Waals surface area contributed by atoms with Gasteiger partial charge in [-0.25, -0.2) is 0 Å². The molecule has 0 spiro atoms. The molecule has 1 heterocycles. The maximum Gasteiger partial charge on any atom is 0.307 e. The lowest BCUT2D eigenvalue weighted by molar-refractivity contribution is -0.143. The normalized spacial score (nSPS) is 11.5. The number of ether oxygens (including phenoxy) is 1. The molecule has 110 valence electrons. The van der Waals surface area contributed by atoms with Crippen LogP contribution in [-0.4, -0.2) is 37.0 Å². The zero-order valence-electron chi connectivity index (χ0n) is 11.5. The molecule has 1 unspecified atom stereocenters. The van der Waals surface area contributed by atoms with Crippen molar-refractivity contribution in [1.82, 2.24) is 10.6 Å². The summed E-state index contributed by atoms with van der Waals surface area (Å²) in [6.45, 7) is 3.82. The van der Waals surface area contributed by atoms with Crippen molar-refractivity contribution >= 4 is 29.1 Å². The number of amides is 2. The van der Waals surface area contributed by atoms with Crippen LogP contribution < -0.4 is 10.6 Å². The molecule has 1 aromatic heterocycles. The lowest BCUT2D eigenvalue weighted by atomic mass is 10.3. The quantitative estimate of drug-likeness (QED) is 0.734. The summed E-state index contributed by atoms with van der Waals surface area (Å²) in [5.74, 6) is -0.977. The highest BCUT2D eigenvalue weighted by Crippen LogP contribution is 2.08. The van der Waals surface area contributed by atoms with Crippen molar-refractivity contribution in [2.24, 2.45) is 0 Å². The molecule has 0 saturated carbocycles. The number of esters is 1. The summed E-state index contributed by atoms with van der Waals surface area (Å²) in [7, 11) is 0. The molecule has 20 heavy (non-hydrogen) atoms. The van der Waals surface area contributed by atoms with Crippen LogP contribution in [0.15, 0.2) is 17.5 Å². The third-order valence-corrected chi connectivity index (χ3v) is 3.29. The van der Waals surface area contributed by atoms with E-state index in [4.69, 9.17) is 4.74 Å². The van der Waals surface area contributed by atoms with Gasteiger partial charge in [0.1, 0.15) is 6.04 Å². The Hall–Kier alpha value is -1.89. The van der Waals surface area contributed by atoms with Crippen molar-refractivity contribution in [2.75, 3.05) is 13.2 Å². The first-order valence-electron chi connectivity index (χ1n) is 6.32. The van der Waals surface area contributed by atoms with Gasteiger partial charge in [-0.1, -0.05) is 6.07 Å². The van der Waals surface area contributed by atoms with Crippen LogP contribution in [0.5, 0.6) is 0 Å². The average Bonchev–Trinajstić information content (AvgIpc) is 2.92. The van der Waals surface area contributed by atoms with Gasteiger partial charge in [0.25, 0.3) is 5.91 Å². The second kappa shape index (κ2) is 8.31. The molecule has 7 heteroatoms. The minimum atomic E-state index is -0.660. The van der Waals surface area contributed by atoms with E-state index in [1.165, 1.54) is 11.3 Å². The lowest BCUT2D eigenvalue weighted by Crippen LogP contribution is -2.45. The van der Waals surface area contributed by atoms with Crippen LogP contribution in [0.25, 0.3) is 0 Å². The van der Waals surface area contributed by atoms with Crippen LogP contribution in [0.3, 0.4) is 0 Å². The maximum atomic E-state index is 11.7. The number of hydrogen-bond donors (Lipinski definition) is 2. The third kappa shape index (κ3) is 5.40. The van der Waals surface area contributed by atoms with Gasteiger partial charge in [-0.2, -0.15) is 0 Å². The Labute approximate surface area is 121 Å². The maximum absolute atomic E-state index is 11.7. The van der Waals surface area contributed by atoms with E-state index in [2.05, 4.69) is 10.6 Å². The van der Waals surface area contributed by atoms with E-state index in [0.717, 1.165) is 0 Å². The smallest absolute Gasteiger partial charge is 0.307 e. The number of carbonyl (C=O) groups is 3. The third-order valence-electron chi connectivity index (χ3n) is 2.42. The second-order valence-electron chi connectivity index (χ2n) is 4.02. The van der Waals surface area contributed by atoms with E-state index in [-0.39, 0.29) is 30.7 Å². The van der Waals surface area contributed by atoms with Crippen molar-refractivity contribution < 1.29 is 19.1 Å². The Morgan fingerprint density at radius 1 is 1.40 bits per heavy atom. The summed E-state index contributed by atoms with van der Waals surface area (Å²) in [4.78, 5) is 35.1. The SMILES string of the molecule is CCOC(=O)CCNC(=O)C(C)NC(=O)c1cccs1. The van der Waals surface area contributed by atoms with E-state index in [1.54, 1.807) is 31.4 Å². The van der Waals surface area contributed by atoms with Crippen molar-refractivity contribution in [2.45, 2.75) is 26.3 Å². The van der Waals surface area contributed by atoms with E-state index >= 15 is 0 Å². The van der Waals surface area contributed by atoms with Crippen molar-refractivity contribution in [3.63, 3.8) is 0 Å². The Bertz CT molecular complexity index is 459. The molecule has 0 saturated heterocycles. The molecule has 0 bridgehead atoms. The molecular weight excluding hydrogens is 280 g/mol. The molecule has 0 aliphatic carbocycles. The molecule has 1 rings (SSSR count). The molecule has 2 amide bonds. The number of carbonyl (C=O) groups excluding carboxylic acids is 3. The van der Waals surface area contributed by atoms with Gasteiger partial charge in [-0.15, -0.1) is 11.3 Å². The second-order valence-corrected chi connectivity index (χ2v) is 4.97. The molecule has 0 radical (unpaired) electrons. The predicted molar refractivity (Wildman–Crippen MR) is 75.5 cm³/mol. The zero-order valence-corrected chi connectivity index (χ0v) is 12.3. The Morgan fingerprint density at radius 2 is 2.15 bits per heavy atom. The highest BCUT2D eigenvalue weighted by atomic mass is 32.1. The molecule has 0 fully saturated rings.